The number of nitrogens with one attached hydrogen (secondary N) is 1. The number of aryl methyl sites for hydroxylation is 1. The van der Waals surface area contributed by atoms with Crippen molar-refractivity contribution in [3.05, 3.63) is 30.1 Å². The van der Waals surface area contributed by atoms with E-state index in [1.807, 2.05) is 29.0 Å². The second-order valence-corrected chi connectivity index (χ2v) is 11.5. The van der Waals surface area contributed by atoms with E-state index in [1.54, 1.807) is 0 Å². The van der Waals surface area contributed by atoms with Gasteiger partial charge in [0.15, 0.2) is 5.82 Å². The average Bonchev–Trinajstić information content (AvgIpc) is 3.35. The molecule has 7 nitrogen and oxygen atoms in total. The Labute approximate surface area is 248 Å². The number of hydrogen-bond donors (Lipinski definition) is 2. The van der Waals surface area contributed by atoms with E-state index in [9.17, 15) is 4.79 Å². The number of imidazole rings is 1. The zero-order chi connectivity index (χ0) is 29.1. The summed E-state index contributed by atoms with van der Waals surface area (Å²) in [7, 11) is 0. The fraction of sp³-hybridized carbons (Fsp3) is 0.676. The van der Waals surface area contributed by atoms with Crippen LogP contribution in [-0.2, 0) is 11.2 Å². The highest BCUT2D eigenvalue weighted by Crippen LogP contribution is 2.28. The van der Waals surface area contributed by atoms with Crippen LogP contribution in [0.25, 0.3) is 21.9 Å². The molecule has 228 valence electrons. The quantitative estimate of drug-likeness (QED) is 0.113. The molecule has 3 aromatic rings. The maximum atomic E-state index is 12.2. The predicted molar refractivity (Wildman–Crippen MR) is 172 cm³/mol. The highest BCUT2D eigenvalue weighted by atomic mass is 16.7. The maximum absolute atomic E-state index is 12.2. The van der Waals surface area contributed by atoms with Crippen molar-refractivity contribution in [2.75, 3.05) is 18.9 Å². The Balaban J connectivity index is 1.28. The standard InChI is InChI=1S/C34H55N5O2/c1-3-5-7-8-9-10-11-12-13-14-15-16-17-25-31(40)36-26-20-21-27-41-39-30(24-6-4-2)38-32-33(39)28-22-18-19-23-29(28)37-34(32)35/h18-19,22-23H,3-17,20-21,24-27H2,1-2H3,(H2,35,37)(H,36,40). The molecule has 0 bridgehead atoms. The number of benzene rings is 1. The van der Waals surface area contributed by atoms with Crippen molar-refractivity contribution in [2.24, 2.45) is 0 Å². The zero-order valence-electron chi connectivity index (χ0n) is 25.9. The molecule has 0 aliphatic rings. The second-order valence-electron chi connectivity index (χ2n) is 11.5. The van der Waals surface area contributed by atoms with Crippen LogP contribution in [0.15, 0.2) is 24.3 Å². The first-order valence-corrected chi connectivity index (χ1v) is 16.6. The molecule has 0 saturated heterocycles. The van der Waals surface area contributed by atoms with E-state index in [4.69, 9.17) is 15.6 Å². The van der Waals surface area contributed by atoms with Gasteiger partial charge in [0.2, 0.25) is 5.91 Å². The number of carbonyl (C=O) groups is 1. The first-order valence-electron chi connectivity index (χ1n) is 16.6. The van der Waals surface area contributed by atoms with E-state index in [-0.39, 0.29) is 5.91 Å². The van der Waals surface area contributed by atoms with E-state index in [0.29, 0.717) is 30.9 Å². The lowest BCUT2D eigenvalue weighted by Gasteiger charge is -2.12. The number of aromatic nitrogens is 3. The van der Waals surface area contributed by atoms with Crippen molar-refractivity contribution in [1.82, 2.24) is 20.0 Å². The van der Waals surface area contributed by atoms with Crippen LogP contribution in [0, 0.1) is 0 Å². The maximum Gasteiger partial charge on any atom is 0.219 e. The summed E-state index contributed by atoms with van der Waals surface area (Å²) < 4.78 is 1.87. The average molecular weight is 566 g/mol. The molecule has 0 fully saturated rings. The molecule has 0 spiro atoms. The summed E-state index contributed by atoms with van der Waals surface area (Å²) in [4.78, 5) is 27.9. The summed E-state index contributed by atoms with van der Waals surface area (Å²) >= 11 is 0. The number of pyridine rings is 1. The number of nitrogens with zero attached hydrogens (tertiary/aromatic N) is 3. The smallest absolute Gasteiger partial charge is 0.219 e. The van der Waals surface area contributed by atoms with Crippen LogP contribution < -0.4 is 15.9 Å². The number of para-hydroxylation sites is 1. The van der Waals surface area contributed by atoms with E-state index in [2.05, 4.69) is 24.1 Å². The van der Waals surface area contributed by atoms with Gasteiger partial charge in [0.25, 0.3) is 0 Å². The van der Waals surface area contributed by atoms with Crippen LogP contribution in [-0.4, -0.2) is 33.8 Å². The Bertz CT molecular complexity index is 1160. The summed E-state index contributed by atoms with van der Waals surface area (Å²) in [5.74, 6) is 1.49. The van der Waals surface area contributed by atoms with E-state index < -0.39 is 0 Å². The van der Waals surface area contributed by atoms with Gasteiger partial charge >= 0.3 is 0 Å². The number of rotatable bonds is 23. The van der Waals surface area contributed by atoms with Gasteiger partial charge in [-0.2, -0.15) is 4.73 Å². The third-order valence-electron chi connectivity index (χ3n) is 7.92. The molecule has 41 heavy (non-hydrogen) atoms. The molecule has 0 saturated carbocycles. The second kappa shape index (κ2) is 19.3. The molecule has 0 unspecified atom stereocenters. The van der Waals surface area contributed by atoms with Crippen molar-refractivity contribution in [1.29, 1.82) is 0 Å². The van der Waals surface area contributed by atoms with Crippen LogP contribution in [0.2, 0.25) is 0 Å². The SMILES string of the molecule is CCCCCCCCCCCCCCCC(=O)NCCCCOn1c(CCCC)nc2c(N)nc3ccccc3c21. The van der Waals surface area contributed by atoms with Gasteiger partial charge in [0.1, 0.15) is 23.5 Å². The lowest BCUT2D eigenvalue weighted by molar-refractivity contribution is -0.121. The first-order chi connectivity index (χ1) is 20.2. The molecule has 1 amide bonds. The minimum atomic E-state index is 0.172. The number of nitrogen functional groups attached to an aromatic ring is 1. The summed E-state index contributed by atoms with van der Waals surface area (Å²) in [6.07, 6.45) is 22.5. The number of anilines is 1. The predicted octanol–water partition coefficient (Wildman–Crippen LogP) is 8.32. The molecule has 0 aliphatic carbocycles. The number of carbonyl (C=O) groups excluding carboxylic acids is 1. The van der Waals surface area contributed by atoms with Gasteiger partial charge in [0.05, 0.1) is 5.52 Å². The van der Waals surface area contributed by atoms with Crippen molar-refractivity contribution in [2.45, 2.75) is 136 Å². The minimum absolute atomic E-state index is 0.172. The lowest BCUT2D eigenvalue weighted by Crippen LogP contribution is -2.24. The van der Waals surface area contributed by atoms with E-state index >= 15 is 0 Å². The van der Waals surface area contributed by atoms with Gasteiger partial charge in [-0.1, -0.05) is 116 Å². The third-order valence-corrected chi connectivity index (χ3v) is 7.92. The molecule has 3 N–H and O–H groups in total. The fourth-order valence-corrected chi connectivity index (χ4v) is 5.46. The van der Waals surface area contributed by atoms with Gasteiger partial charge < -0.3 is 15.9 Å². The number of fused-ring (bicyclic) bond motifs is 3. The van der Waals surface area contributed by atoms with Crippen molar-refractivity contribution >= 4 is 33.7 Å². The van der Waals surface area contributed by atoms with Gasteiger partial charge in [-0.15, -0.1) is 0 Å². The first kappa shape index (κ1) is 32.7. The minimum Gasteiger partial charge on any atom is -0.412 e. The lowest BCUT2D eigenvalue weighted by atomic mass is 10.0. The van der Waals surface area contributed by atoms with Crippen LogP contribution in [0.5, 0.6) is 0 Å². The van der Waals surface area contributed by atoms with Gasteiger partial charge in [-0.25, -0.2) is 9.97 Å². The van der Waals surface area contributed by atoms with E-state index in [0.717, 1.165) is 67.2 Å². The molecule has 7 heteroatoms. The normalized spacial score (nSPS) is 11.5. The third kappa shape index (κ3) is 11.2. The number of hydrogen-bond acceptors (Lipinski definition) is 5. The Hall–Kier alpha value is -2.83. The molecule has 2 aromatic heterocycles. The van der Waals surface area contributed by atoms with Crippen molar-refractivity contribution in [3.8, 4) is 0 Å². The Morgan fingerprint density at radius 3 is 2.12 bits per heavy atom. The zero-order valence-corrected chi connectivity index (χ0v) is 25.9. The molecule has 0 aliphatic heterocycles. The van der Waals surface area contributed by atoms with Gasteiger partial charge in [0, 0.05) is 24.8 Å². The Kier molecular flexibility index (Phi) is 15.4. The van der Waals surface area contributed by atoms with Crippen LogP contribution >= 0.6 is 0 Å². The summed E-state index contributed by atoms with van der Waals surface area (Å²) in [5.41, 5.74) is 8.71. The van der Waals surface area contributed by atoms with Crippen molar-refractivity contribution < 1.29 is 9.63 Å². The fourth-order valence-electron chi connectivity index (χ4n) is 5.46. The Morgan fingerprint density at radius 1 is 0.805 bits per heavy atom. The van der Waals surface area contributed by atoms with Gasteiger partial charge in [-0.3, -0.25) is 4.79 Å². The summed E-state index contributed by atoms with van der Waals surface area (Å²) in [5, 5.41) is 4.07. The number of amides is 1. The summed E-state index contributed by atoms with van der Waals surface area (Å²) in [6.45, 7) is 5.69. The Morgan fingerprint density at radius 2 is 1.44 bits per heavy atom. The topological polar surface area (TPSA) is 95.1 Å². The molecule has 3 rings (SSSR count). The highest BCUT2D eigenvalue weighted by molar-refractivity contribution is 6.06. The number of unbranched alkanes of at least 4 members (excludes halogenated alkanes) is 14. The molecular formula is C34H55N5O2. The van der Waals surface area contributed by atoms with Crippen molar-refractivity contribution in [3.63, 3.8) is 0 Å². The molecule has 2 heterocycles. The summed E-state index contributed by atoms with van der Waals surface area (Å²) in [6, 6.07) is 7.98. The number of nitrogens with two attached hydrogens (primary N) is 1. The highest BCUT2D eigenvalue weighted by Gasteiger charge is 2.18. The van der Waals surface area contributed by atoms with Gasteiger partial charge in [-0.05, 0) is 31.7 Å². The molecule has 1 aromatic carbocycles. The van der Waals surface area contributed by atoms with E-state index in [1.165, 1.54) is 70.6 Å². The molecule has 0 atom stereocenters. The van der Waals surface area contributed by atoms with Crippen LogP contribution in [0.3, 0.4) is 0 Å². The van der Waals surface area contributed by atoms with Crippen LogP contribution in [0.4, 0.5) is 5.82 Å². The molecule has 0 radical (unpaired) electrons. The van der Waals surface area contributed by atoms with Crippen LogP contribution in [0.1, 0.15) is 135 Å². The monoisotopic (exact) mass is 565 g/mol. The molecular weight excluding hydrogens is 510 g/mol. The largest absolute Gasteiger partial charge is 0.412 e.